The zero-order valence-corrected chi connectivity index (χ0v) is 54.4. The number of carbonyl (C=O) groups is 1. The van der Waals surface area contributed by atoms with Gasteiger partial charge in [-0.3, -0.25) is 4.79 Å². The molecule has 0 amide bonds. The average molecular weight is 1350 g/mol. The molecule has 17 N–H and O–H groups in total. The molecule has 540 valence electrons. The lowest BCUT2D eigenvalue weighted by Gasteiger charge is -2.62. The summed E-state index contributed by atoms with van der Waals surface area (Å²) < 4.78 is 72.8. The van der Waals surface area contributed by atoms with Crippen molar-refractivity contribution in [2.75, 3.05) is 39.6 Å². The van der Waals surface area contributed by atoms with Gasteiger partial charge in [0.1, 0.15) is 116 Å². The zero-order valence-electron chi connectivity index (χ0n) is 54.4. The molecule has 0 aromatic rings. The zero-order chi connectivity index (χ0) is 68.4. The van der Waals surface area contributed by atoms with E-state index in [-0.39, 0.29) is 18.3 Å². The molecule has 0 unspecified atom stereocenters. The number of hydrogen-bond donors (Lipinski definition) is 17. The van der Waals surface area contributed by atoms with Gasteiger partial charge in [0.05, 0.1) is 63.4 Å². The van der Waals surface area contributed by atoms with E-state index in [2.05, 4.69) is 54.5 Å². The largest absolute Gasteiger partial charge is 0.481 e. The molecule has 6 aliphatic heterocycles. The van der Waals surface area contributed by atoms with Crippen LogP contribution in [-0.2, 0) is 61.6 Å². The molecule has 0 aromatic heterocycles. The first-order valence-electron chi connectivity index (χ1n) is 33.4. The highest BCUT2D eigenvalue weighted by Gasteiger charge is 2.69. The normalized spacial score (nSPS) is 50.1. The summed E-state index contributed by atoms with van der Waals surface area (Å²) in [5, 5.41) is 186. The third-order valence-electron chi connectivity index (χ3n) is 23.2. The fraction of sp³-hybridized carbons (Fsp3) is 0.922. The van der Waals surface area contributed by atoms with Gasteiger partial charge in [-0.25, -0.2) is 0 Å². The van der Waals surface area contributed by atoms with Gasteiger partial charge in [0, 0.05) is 6.42 Å². The quantitative estimate of drug-likeness (QED) is 0.0503. The number of aliphatic carboxylic acids is 1. The van der Waals surface area contributed by atoms with Crippen LogP contribution in [0.15, 0.2) is 22.8 Å². The minimum absolute atomic E-state index is 0.0383. The average Bonchev–Trinajstić information content (AvgIpc) is 1.39. The smallest absolute Gasteiger partial charge is 0.314 e. The van der Waals surface area contributed by atoms with Crippen molar-refractivity contribution in [3.63, 3.8) is 0 Å². The fourth-order valence-corrected chi connectivity index (χ4v) is 17.9. The van der Waals surface area contributed by atoms with Gasteiger partial charge in [0.25, 0.3) is 0 Å². The molecular formula is C64H104O30. The number of fused-ring (bicyclic) bond motifs is 4. The lowest BCUT2D eigenvalue weighted by molar-refractivity contribution is -0.396. The van der Waals surface area contributed by atoms with Crippen molar-refractivity contribution in [1.29, 1.82) is 0 Å². The van der Waals surface area contributed by atoms with Gasteiger partial charge in [0.15, 0.2) is 37.7 Å². The molecule has 2 saturated carbocycles. The predicted octanol–water partition coefficient (Wildman–Crippen LogP) is -3.20. The molecule has 6 saturated heterocycles. The van der Waals surface area contributed by atoms with E-state index in [0.29, 0.717) is 38.0 Å². The van der Waals surface area contributed by atoms with Crippen molar-refractivity contribution < 1.29 is 148 Å². The van der Waals surface area contributed by atoms with E-state index in [4.69, 9.17) is 56.8 Å². The lowest BCUT2D eigenvalue weighted by Crippen LogP contribution is -2.67. The van der Waals surface area contributed by atoms with E-state index in [1.807, 2.05) is 0 Å². The molecule has 6 heterocycles. The van der Waals surface area contributed by atoms with Gasteiger partial charge >= 0.3 is 5.97 Å². The third kappa shape index (κ3) is 13.7. The van der Waals surface area contributed by atoms with Crippen LogP contribution < -0.4 is 0 Å². The number of hydrogen-bond acceptors (Lipinski definition) is 29. The Hall–Kier alpha value is -2.17. The Bertz CT molecular complexity index is 2590. The Morgan fingerprint density at radius 1 is 0.532 bits per heavy atom. The molecule has 8 fully saturated rings. The highest BCUT2D eigenvalue weighted by atomic mass is 16.8. The molecule has 94 heavy (non-hydrogen) atoms. The van der Waals surface area contributed by atoms with Crippen LogP contribution in [0, 0.1) is 39.4 Å². The summed E-state index contributed by atoms with van der Waals surface area (Å²) in [6.45, 7) is 10.7. The van der Waals surface area contributed by atoms with Crippen molar-refractivity contribution in [3.05, 3.63) is 22.8 Å². The number of ether oxygens (including phenoxy) is 12. The summed E-state index contributed by atoms with van der Waals surface area (Å²) in [5.74, 6) is -0.224. The highest BCUT2D eigenvalue weighted by Crippen LogP contribution is 2.73. The minimum Gasteiger partial charge on any atom is -0.481 e. The maximum atomic E-state index is 14.0. The Labute approximate surface area is 545 Å². The van der Waals surface area contributed by atoms with Crippen molar-refractivity contribution in [3.8, 4) is 0 Å². The Kier molecular flexibility index (Phi) is 23.6. The van der Waals surface area contributed by atoms with E-state index in [9.17, 15) is 91.6 Å². The lowest BCUT2D eigenvalue weighted by atomic mass is 9.43. The Morgan fingerprint density at radius 2 is 1.10 bits per heavy atom. The molecule has 30 heteroatoms. The molecule has 10 rings (SSSR count). The molecular weight excluding hydrogens is 1250 g/mol. The van der Waals surface area contributed by atoms with Crippen LogP contribution in [0.25, 0.3) is 0 Å². The summed E-state index contributed by atoms with van der Waals surface area (Å²) in [5.41, 5.74) is 1.03. The summed E-state index contributed by atoms with van der Waals surface area (Å²) in [6.07, 6.45) is -39.2. The number of aliphatic hydroxyl groups is 16. The predicted molar refractivity (Wildman–Crippen MR) is 317 cm³/mol. The van der Waals surface area contributed by atoms with Crippen LogP contribution in [-0.4, -0.2) is 304 Å². The minimum atomic E-state index is -2.11. The highest BCUT2D eigenvalue weighted by molar-refractivity contribution is 5.82. The number of rotatable bonds is 21. The van der Waals surface area contributed by atoms with Crippen LogP contribution in [0.4, 0.5) is 0 Å². The van der Waals surface area contributed by atoms with Crippen molar-refractivity contribution in [2.45, 2.75) is 291 Å². The fourth-order valence-electron chi connectivity index (χ4n) is 17.9. The third-order valence-corrected chi connectivity index (χ3v) is 23.2. The number of allylic oxidation sites excluding steroid dienone is 3. The van der Waals surface area contributed by atoms with Gasteiger partial charge in [-0.15, -0.1) is 0 Å². The Morgan fingerprint density at radius 3 is 1.76 bits per heavy atom. The maximum absolute atomic E-state index is 14.0. The molecule has 4 aliphatic carbocycles. The second-order valence-electron chi connectivity index (χ2n) is 29.3. The monoisotopic (exact) mass is 1350 g/mol. The standard InChI is InChI=1S/C64H104O30/c1-26(2)9-8-10-27(3)29-14-18-64(60(81)82)31-11-12-38-61(4,5)39(15-16-62(38,6)30(31)13-17-63(29,64)7)90-58-53(94-57-48(79)44(75)41(72)35(21-66)87-57)50(33(70)25-84-58)91-55-43(74)34(19-28(20-65)85-55)86-56-49(80)46(77)51(37(23-68)89-56)92-59-52(45(76)42(73)36(22-67)88-59)93-54-47(78)40(71)32(69)24-83-54/h9,27-29,32-59,65-80H,8,10-25H2,1-7H3,(H,81,82)/t27-,28+,29-,32+,33+,34+,35-,36-,37-,38+,39+,40+,41+,42-,43-,44+,45+,46-,47-,48-,49-,50+,51+,52-,53-,54+,55+,56-,57+,58+,59+,62-,63-,64+/m1/s1. The van der Waals surface area contributed by atoms with Crippen molar-refractivity contribution in [2.24, 2.45) is 39.4 Å². The van der Waals surface area contributed by atoms with E-state index in [1.165, 1.54) is 11.1 Å². The summed E-state index contributed by atoms with van der Waals surface area (Å²) in [7, 11) is 0. The van der Waals surface area contributed by atoms with Gasteiger partial charge in [-0.1, -0.05) is 57.4 Å². The SMILES string of the molecule is CC(C)=CCC[C@@H](C)[C@H]1CC[C@@]2(C(=O)O)C3=C(CC[C@]12C)[C@@]1(C)CC[C@H](O[C@@H]2OC[C@H](O)[C@H](O[C@@H]4O[C@H](CO)C[C@H](O[C@@H]5O[C@H](CO)[C@H](O[C@@H]6O[C@H](CO)[C@@H](O)[C@H](O)[C@H]6O[C@@H]6OC[C@H](O)[C@H](O)[C@H]6O)[C@H](O)[C@H]5O)[C@H]4O)[C@H]2O[C@@H]2O[C@H](CO)[C@H](O)[C@H](O)[C@H]2O)C(C)(C)[C@@H]1CC3. The molecule has 0 spiro atoms. The van der Waals surface area contributed by atoms with E-state index in [0.717, 1.165) is 37.7 Å². The molecule has 34 atom stereocenters. The van der Waals surface area contributed by atoms with Gasteiger partial charge in [-0.05, 0) is 112 Å². The summed E-state index contributed by atoms with van der Waals surface area (Å²) in [4.78, 5) is 14.0. The van der Waals surface area contributed by atoms with Gasteiger partial charge < -0.3 is 144 Å². The first-order valence-corrected chi connectivity index (χ1v) is 33.4. The van der Waals surface area contributed by atoms with Crippen LogP contribution >= 0.6 is 0 Å². The molecule has 30 nitrogen and oxygen atoms in total. The van der Waals surface area contributed by atoms with Crippen molar-refractivity contribution >= 4 is 5.97 Å². The topological polar surface area (TPSA) is 472 Å². The second-order valence-corrected chi connectivity index (χ2v) is 29.3. The molecule has 10 aliphatic rings. The van der Waals surface area contributed by atoms with Crippen LogP contribution in [0.2, 0.25) is 0 Å². The second kappa shape index (κ2) is 29.8. The molecule has 0 radical (unpaired) electrons. The van der Waals surface area contributed by atoms with Crippen LogP contribution in [0.3, 0.4) is 0 Å². The van der Waals surface area contributed by atoms with Crippen molar-refractivity contribution in [1.82, 2.24) is 0 Å². The summed E-state index contributed by atoms with van der Waals surface area (Å²) >= 11 is 0. The van der Waals surface area contributed by atoms with Crippen LogP contribution in [0.1, 0.15) is 119 Å². The van der Waals surface area contributed by atoms with Gasteiger partial charge in [-0.2, -0.15) is 0 Å². The van der Waals surface area contributed by atoms with E-state index < -0.39 is 239 Å². The van der Waals surface area contributed by atoms with E-state index >= 15 is 0 Å². The first-order chi connectivity index (χ1) is 44.4. The molecule has 0 bridgehead atoms. The maximum Gasteiger partial charge on any atom is 0.314 e. The molecule has 0 aromatic carbocycles. The summed E-state index contributed by atoms with van der Waals surface area (Å²) in [6, 6.07) is 0. The van der Waals surface area contributed by atoms with Crippen LogP contribution in [0.5, 0.6) is 0 Å². The van der Waals surface area contributed by atoms with E-state index in [1.54, 1.807) is 0 Å². The first kappa shape index (κ1) is 74.5. The number of carboxylic acid groups (broad SMARTS) is 1. The Balaban J connectivity index is 0.871. The number of aliphatic hydroxyl groups excluding tert-OH is 16. The number of carboxylic acids is 1. The van der Waals surface area contributed by atoms with Gasteiger partial charge in [0.2, 0.25) is 0 Å².